The molecule has 0 bridgehead atoms. The molecule has 0 spiro atoms. The number of amides is 2. The van der Waals surface area contributed by atoms with Crippen molar-refractivity contribution in [1.82, 2.24) is 19.6 Å². The second kappa shape index (κ2) is 8.81. The number of aromatic nitrogens is 2. The lowest BCUT2D eigenvalue weighted by molar-refractivity contribution is -0.131. The molecule has 2 aliphatic heterocycles. The third-order valence-corrected chi connectivity index (χ3v) is 8.32. The zero-order valence-corrected chi connectivity index (χ0v) is 20.9. The minimum atomic E-state index is -1.11. The number of nitrogen functional groups attached to an aromatic ring is 1. The smallest absolute Gasteiger partial charge is 0.282 e. The summed E-state index contributed by atoms with van der Waals surface area (Å²) in [4.78, 5) is 28.5. The number of hydrogen-bond acceptors (Lipinski definition) is 6. The van der Waals surface area contributed by atoms with Gasteiger partial charge in [-0.3, -0.25) is 14.3 Å². The zero-order valence-electron chi connectivity index (χ0n) is 20.1. The van der Waals surface area contributed by atoms with Crippen LogP contribution in [0, 0.1) is 28.9 Å². The van der Waals surface area contributed by atoms with Gasteiger partial charge in [-0.15, -0.1) is 16.4 Å². The summed E-state index contributed by atoms with van der Waals surface area (Å²) in [5.74, 6) is -5.25. The first-order chi connectivity index (χ1) is 18.6. The maximum absolute atomic E-state index is 15.9. The fraction of sp³-hybridized carbons (Fsp3) is 0.231. The fourth-order valence-corrected chi connectivity index (χ4v) is 6.51. The van der Waals surface area contributed by atoms with Crippen molar-refractivity contribution in [2.45, 2.75) is 19.0 Å². The minimum absolute atomic E-state index is 0.0226. The van der Waals surface area contributed by atoms with Gasteiger partial charge >= 0.3 is 0 Å². The van der Waals surface area contributed by atoms with Crippen LogP contribution in [-0.4, -0.2) is 57.1 Å². The molecule has 0 radical (unpaired) electrons. The molecule has 2 aromatic heterocycles. The van der Waals surface area contributed by atoms with Crippen molar-refractivity contribution in [3.05, 3.63) is 59.3 Å². The van der Waals surface area contributed by atoms with Crippen LogP contribution in [0.3, 0.4) is 0 Å². The summed E-state index contributed by atoms with van der Waals surface area (Å²) in [6, 6.07) is 4.69. The van der Waals surface area contributed by atoms with Gasteiger partial charge in [-0.2, -0.15) is 9.65 Å². The molecular formula is C26H18F4N6O2S. The summed E-state index contributed by atoms with van der Waals surface area (Å²) in [5.41, 5.74) is 5.57. The zero-order chi connectivity index (χ0) is 27.7. The quantitative estimate of drug-likeness (QED) is 0.293. The maximum Gasteiger partial charge on any atom is 0.282 e. The van der Waals surface area contributed by atoms with Crippen LogP contribution < -0.4 is 5.73 Å². The van der Waals surface area contributed by atoms with Crippen molar-refractivity contribution in [2.24, 2.45) is 0 Å². The van der Waals surface area contributed by atoms with E-state index in [4.69, 9.17) is 5.73 Å². The van der Waals surface area contributed by atoms with Crippen LogP contribution in [0.4, 0.5) is 22.6 Å². The van der Waals surface area contributed by atoms with Crippen LogP contribution in [0.25, 0.3) is 32.1 Å². The van der Waals surface area contributed by atoms with Gasteiger partial charge in [0.1, 0.15) is 22.7 Å². The Kier molecular flexibility index (Phi) is 5.62. The number of thiophene rings is 1. The number of halogens is 4. The number of aryl methyl sites for hydroxylation is 1. The molecule has 0 saturated carbocycles. The topological polar surface area (TPSA) is 108 Å². The molecule has 4 heterocycles. The second-order valence-corrected chi connectivity index (χ2v) is 10.4. The number of nitrogens with two attached hydrogens (primary N) is 1. The molecule has 1 fully saturated rings. The number of carbonyl (C=O) groups is 2. The predicted octanol–water partition coefficient (Wildman–Crippen LogP) is 4.33. The molecule has 2 aromatic carbocycles. The summed E-state index contributed by atoms with van der Waals surface area (Å²) < 4.78 is 60.8. The van der Waals surface area contributed by atoms with E-state index in [1.165, 1.54) is 20.5 Å². The highest BCUT2D eigenvalue weighted by Crippen LogP contribution is 2.45. The number of fused-ring (bicyclic) bond motifs is 2. The highest BCUT2D eigenvalue weighted by atomic mass is 32.1. The van der Waals surface area contributed by atoms with E-state index in [0.717, 1.165) is 23.5 Å². The third-order valence-electron chi connectivity index (χ3n) is 7.29. The predicted molar refractivity (Wildman–Crippen MR) is 136 cm³/mol. The first-order valence-corrected chi connectivity index (χ1v) is 12.7. The molecule has 1 atom stereocenters. The van der Waals surface area contributed by atoms with Gasteiger partial charge in [0.2, 0.25) is 5.95 Å². The normalized spacial score (nSPS) is 17.2. The Morgan fingerprint density at radius 3 is 2.64 bits per heavy atom. The summed E-state index contributed by atoms with van der Waals surface area (Å²) in [6.07, 6.45) is 0.261. The van der Waals surface area contributed by atoms with Crippen LogP contribution in [0.15, 0.2) is 30.6 Å². The van der Waals surface area contributed by atoms with E-state index in [1.807, 2.05) is 6.07 Å². The summed E-state index contributed by atoms with van der Waals surface area (Å²) in [7, 11) is 0. The first kappa shape index (κ1) is 24.9. The molecule has 2 N–H and O–H groups in total. The molecule has 4 aromatic rings. The van der Waals surface area contributed by atoms with Gasteiger partial charge < -0.3 is 15.5 Å². The number of nitriles is 1. The Bertz CT molecular complexity index is 1810. The molecule has 0 aliphatic carbocycles. The lowest BCUT2D eigenvalue weighted by Gasteiger charge is -2.42. The molecule has 13 heteroatoms. The largest absolute Gasteiger partial charge is 0.389 e. The van der Waals surface area contributed by atoms with Crippen molar-refractivity contribution >= 4 is 49.1 Å². The number of piperazine rings is 1. The van der Waals surface area contributed by atoms with Crippen molar-refractivity contribution in [1.29, 1.82) is 5.26 Å². The molecule has 2 amide bonds. The highest BCUT2D eigenvalue weighted by Gasteiger charge is 2.38. The molecule has 39 heavy (non-hydrogen) atoms. The van der Waals surface area contributed by atoms with Crippen LogP contribution in [0.2, 0.25) is 0 Å². The van der Waals surface area contributed by atoms with Crippen molar-refractivity contribution in [2.75, 3.05) is 25.4 Å². The van der Waals surface area contributed by atoms with Crippen molar-refractivity contribution < 1.29 is 27.2 Å². The minimum Gasteiger partial charge on any atom is -0.389 e. The molecule has 8 nitrogen and oxygen atoms in total. The summed E-state index contributed by atoms with van der Waals surface area (Å²) >= 11 is 0.827. The van der Waals surface area contributed by atoms with Crippen LogP contribution >= 0.6 is 11.3 Å². The average molecular weight is 555 g/mol. The van der Waals surface area contributed by atoms with Gasteiger partial charge in [0, 0.05) is 37.1 Å². The lowest BCUT2D eigenvalue weighted by Crippen LogP contribution is -2.57. The monoisotopic (exact) mass is 554 g/mol. The van der Waals surface area contributed by atoms with E-state index in [9.17, 15) is 23.6 Å². The number of hydrogen-bond donors (Lipinski definition) is 1. The number of carbonyl (C=O) groups excluding carboxylic acids is 2. The molecule has 198 valence electrons. The fourth-order valence-electron chi connectivity index (χ4n) is 5.56. The van der Waals surface area contributed by atoms with Crippen LogP contribution in [0.1, 0.15) is 22.3 Å². The summed E-state index contributed by atoms with van der Waals surface area (Å²) in [6.45, 7) is 3.28. The van der Waals surface area contributed by atoms with Gasteiger partial charge in [-0.1, -0.05) is 12.6 Å². The second-order valence-electron chi connectivity index (χ2n) is 9.37. The Hall–Kier alpha value is -4.44. The average Bonchev–Trinajstić information content (AvgIpc) is 3.42. The number of anilines is 1. The van der Waals surface area contributed by atoms with Crippen molar-refractivity contribution in [3.63, 3.8) is 0 Å². The number of benzene rings is 2. The Morgan fingerprint density at radius 1 is 1.15 bits per heavy atom. The molecular weight excluding hydrogens is 536 g/mol. The van der Waals surface area contributed by atoms with E-state index >= 15 is 8.78 Å². The molecule has 2 aliphatic rings. The first-order valence-electron chi connectivity index (χ1n) is 11.9. The van der Waals surface area contributed by atoms with Gasteiger partial charge in [0.05, 0.1) is 32.8 Å². The van der Waals surface area contributed by atoms with E-state index in [-0.39, 0.29) is 80.8 Å². The van der Waals surface area contributed by atoms with Gasteiger partial charge in [-0.25, -0.2) is 13.2 Å². The maximum atomic E-state index is 15.9. The number of rotatable bonds is 2. The van der Waals surface area contributed by atoms with Gasteiger partial charge in [0.15, 0.2) is 5.83 Å². The Labute approximate surface area is 222 Å². The molecule has 6 rings (SSSR count). The van der Waals surface area contributed by atoms with Crippen LogP contribution in [0.5, 0.6) is 0 Å². The van der Waals surface area contributed by atoms with E-state index in [1.54, 1.807) is 0 Å². The van der Waals surface area contributed by atoms with Gasteiger partial charge in [0.25, 0.3) is 11.8 Å². The number of nitrogens with zero attached hydrogens (tertiary/aromatic N) is 5. The standard InChI is InChI=1S/C26H18F4N6O2S/c1-11(27)25(37)34-6-7-35-12(10-34)4-5-36-21-14(26(35)38)8-17(29)19(20(21)23(30)33-36)13-2-3-16(28)22-18(13)15(9-31)24(32)39-22/h2-3,8,12H,1,4-7,10,32H2/t12-/m0/s1. The highest BCUT2D eigenvalue weighted by molar-refractivity contribution is 7.23. The van der Waals surface area contributed by atoms with Gasteiger partial charge in [-0.05, 0) is 24.1 Å². The summed E-state index contributed by atoms with van der Waals surface area (Å²) in [5, 5.41) is 13.4. The van der Waals surface area contributed by atoms with E-state index < -0.39 is 41.3 Å². The lowest BCUT2D eigenvalue weighted by atomic mass is 9.93. The Balaban J connectivity index is 1.55. The Morgan fingerprint density at radius 2 is 1.92 bits per heavy atom. The SMILES string of the molecule is C=C(F)C(=O)N1CCN2C(=O)c3cc(F)c(-c4ccc(F)c5sc(N)c(C#N)c45)c4c(F)nn(c34)CC[C@H]2C1. The van der Waals surface area contributed by atoms with E-state index in [0.29, 0.717) is 0 Å². The van der Waals surface area contributed by atoms with Crippen molar-refractivity contribution in [3.8, 4) is 17.2 Å². The molecule has 1 saturated heterocycles. The third kappa shape index (κ3) is 3.59. The van der Waals surface area contributed by atoms with E-state index in [2.05, 4.69) is 11.7 Å². The van der Waals surface area contributed by atoms with Crippen LogP contribution in [-0.2, 0) is 11.3 Å². The molecule has 0 unspecified atom stereocenters.